The van der Waals surface area contributed by atoms with Gasteiger partial charge in [-0.1, -0.05) is 68.2 Å². The molecule has 5 rings (SSSR count). The molecule has 0 radical (unpaired) electrons. The Morgan fingerprint density at radius 1 is 1.08 bits per heavy atom. The number of ether oxygens (including phenoxy) is 2. The molecule has 0 aromatic heterocycles. The van der Waals surface area contributed by atoms with Gasteiger partial charge < -0.3 is 19.7 Å². The minimum Gasteiger partial charge on any atom is -0.496 e. The minimum absolute atomic E-state index is 0.00604. The first kappa shape index (κ1) is 37.7. The summed E-state index contributed by atoms with van der Waals surface area (Å²) in [6, 6.07) is 13.7. The standard InChI is InChI=1S/C39H43Cl2F2N3O4/c1-38(2,3)20-33-39(22-44,28-12-11-26(40)19-30(28)42)34(27-7-6-8-29(41)35(27)43)36(45-33)31(47)17-24-9-10-25(18-32(24)49-5)37(48)50-21-23-13-15-46(4)16-14-23/h6-12,18-19,23,33-34,36,45H,13-17,20-21H2,1-5H3/t33-,34-,36-,39-/m0/s1. The zero-order valence-corrected chi connectivity index (χ0v) is 30.5. The Bertz CT molecular complexity index is 1780. The summed E-state index contributed by atoms with van der Waals surface area (Å²) in [5, 5.41) is 14.4. The Balaban J connectivity index is 1.51. The van der Waals surface area contributed by atoms with Crippen LogP contribution in [-0.4, -0.2) is 62.6 Å². The maximum atomic E-state index is 16.0. The van der Waals surface area contributed by atoms with E-state index in [4.69, 9.17) is 32.7 Å². The third-order valence-corrected chi connectivity index (χ3v) is 10.5. The molecule has 2 fully saturated rings. The lowest BCUT2D eigenvalue weighted by molar-refractivity contribution is -0.120. The predicted octanol–water partition coefficient (Wildman–Crippen LogP) is 7.91. The number of carbonyl (C=O) groups excluding carboxylic acids is 2. The number of nitrogens with one attached hydrogen (secondary N) is 1. The van der Waals surface area contributed by atoms with Crippen LogP contribution in [0.4, 0.5) is 8.78 Å². The summed E-state index contributed by atoms with van der Waals surface area (Å²) in [7, 11) is 3.52. The van der Waals surface area contributed by atoms with Crippen molar-refractivity contribution >= 4 is 35.0 Å². The van der Waals surface area contributed by atoms with E-state index in [1.807, 2.05) is 20.8 Å². The number of Topliss-reactive ketones (excluding diaryl/α,β-unsaturated/α-hetero) is 1. The quantitative estimate of drug-likeness (QED) is 0.213. The first-order valence-electron chi connectivity index (χ1n) is 16.8. The van der Waals surface area contributed by atoms with Crippen LogP contribution in [0.5, 0.6) is 5.75 Å². The maximum absolute atomic E-state index is 16.0. The van der Waals surface area contributed by atoms with Gasteiger partial charge in [-0.05, 0) is 86.6 Å². The number of hydrogen-bond acceptors (Lipinski definition) is 7. The van der Waals surface area contributed by atoms with Crippen LogP contribution in [0.25, 0.3) is 0 Å². The summed E-state index contributed by atoms with van der Waals surface area (Å²) in [6.45, 7) is 8.18. The van der Waals surface area contributed by atoms with Crippen molar-refractivity contribution in [2.24, 2.45) is 11.3 Å². The summed E-state index contributed by atoms with van der Waals surface area (Å²) >= 11 is 12.4. The molecule has 0 amide bonds. The van der Waals surface area contributed by atoms with Crippen LogP contribution in [0.15, 0.2) is 54.6 Å². The topological polar surface area (TPSA) is 91.7 Å². The number of carbonyl (C=O) groups is 2. The Hall–Kier alpha value is -3.55. The minimum atomic E-state index is -1.74. The van der Waals surface area contributed by atoms with Crippen LogP contribution in [0.2, 0.25) is 10.0 Å². The molecule has 0 saturated carbocycles. The SMILES string of the molecule is COc1cc(C(=O)OCC2CCN(C)CC2)ccc1CC(=O)[C@@H]1N[C@@H](CC(C)(C)C)[C@](C#N)(c2ccc(Cl)cc2F)[C@H]1c1cccc(Cl)c1F. The van der Waals surface area contributed by atoms with E-state index >= 15 is 8.78 Å². The Morgan fingerprint density at radius 2 is 1.80 bits per heavy atom. The fraction of sp³-hybridized carbons (Fsp3) is 0.462. The molecule has 2 aliphatic rings. The summed E-state index contributed by atoms with van der Waals surface area (Å²) in [4.78, 5) is 29.7. The molecule has 266 valence electrons. The van der Waals surface area contributed by atoms with Gasteiger partial charge in [0.2, 0.25) is 0 Å². The number of halogens is 4. The number of nitriles is 1. The third-order valence-electron chi connectivity index (χ3n) is 9.97. The smallest absolute Gasteiger partial charge is 0.338 e. The summed E-state index contributed by atoms with van der Waals surface area (Å²) in [5.74, 6) is -2.96. The molecule has 0 unspecified atom stereocenters. The lowest BCUT2D eigenvalue weighted by atomic mass is 9.62. The molecule has 50 heavy (non-hydrogen) atoms. The summed E-state index contributed by atoms with van der Waals surface area (Å²) < 4.78 is 43.2. The van der Waals surface area contributed by atoms with Crippen LogP contribution in [0.1, 0.15) is 73.0 Å². The van der Waals surface area contributed by atoms with E-state index in [1.165, 1.54) is 31.4 Å². The zero-order valence-electron chi connectivity index (χ0n) is 29.0. The van der Waals surface area contributed by atoms with Crippen LogP contribution >= 0.6 is 23.2 Å². The van der Waals surface area contributed by atoms with E-state index in [-0.39, 0.29) is 44.4 Å². The van der Waals surface area contributed by atoms with E-state index in [2.05, 4.69) is 23.3 Å². The predicted molar refractivity (Wildman–Crippen MR) is 190 cm³/mol. The van der Waals surface area contributed by atoms with Crippen molar-refractivity contribution in [1.29, 1.82) is 5.26 Å². The van der Waals surface area contributed by atoms with Gasteiger partial charge in [0.25, 0.3) is 0 Å². The van der Waals surface area contributed by atoms with Crippen LogP contribution in [-0.2, 0) is 21.4 Å². The van der Waals surface area contributed by atoms with E-state index in [0.29, 0.717) is 30.3 Å². The van der Waals surface area contributed by atoms with E-state index in [9.17, 15) is 14.9 Å². The molecule has 0 bridgehead atoms. The first-order chi connectivity index (χ1) is 23.7. The molecule has 3 aromatic rings. The second-order valence-electron chi connectivity index (χ2n) is 14.7. The zero-order chi connectivity index (χ0) is 36.4. The molecule has 3 aromatic carbocycles. The molecule has 0 spiro atoms. The third kappa shape index (κ3) is 7.84. The van der Waals surface area contributed by atoms with Gasteiger partial charge in [-0.15, -0.1) is 0 Å². The highest BCUT2D eigenvalue weighted by molar-refractivity contribution is 6.31. The van der Waals surface area contributed by atoms with Crippen LogP contribution in [0.3, 0.4) is 0 Å². The van der Waals surface area contributed by atoms with E-state index in [1.54, 1.807) is 24.3 Å². The molecule has 4 atom stereocenters. The lowest BCUT2D eigenvalue weighted by Crippen LogP contribution is -2.44. The summed E-state index contributed by atoms with van der Waals surface area (Å²) in [6.07, 6.45) is 2.08. The van der Waals surface area contributed by atoms with Crippen molar-refractivity contribution in [2.45, 2.75) is 69.9 Å². The number of ketones is 1. The second kappa shape index (κ2) is 15.4. The second-order valence-corrected chi connectivity index (χ2v) is 15.5. The summed E-state index contributed by atoms with van der Waals surface area (Å²) in [5.41, 5.74) is -1.32. The number of methoxy groups -OCH3 is 1. The average molecular weight is 727 g/mol. The molecule has 0 aliphatic carbocycles. The van der Waals surface area contributed by atoms with Crippen LogP contribution in [0, 0.1) is 34.3 Å². The number of nitrogens with zero attached hydrogens (tertiary/aromatic N) is 2. The highest BCUT2D eigenvalue weighted by Crippen LogP contribution is 2.53. The van der Waals surface area contributed by atoms with Gasteiger partial charge in [-0.25, -0.2) is 13.6 Å². The number of hydrogen-bond donors (Lipinski definition) is 1. The number of rotatable bonds is 10. The normalized spacial score (nSPS) is 23.0. The molecule has 7 nitrogen and oxygen atoms in total. The maximum Gasteiger partial charge on any atom is 0.338 e. The van der Waals surface area contributed by atoms with Crippen LogP contribution < -0.4 is 10.1 Å². The number of esters is 1. The molecular formula is C39H43Cl2F2N3O4. The van der Waals surface area contributed by atoms with Gasteiger partial charge in [-0.3, -0.25) is 4.79 Å². The van der Waals surface area contributed by atoms with Crippen molar-refractivity contribution < 1.29 is 27.8 Å². The van der Waals surface area contributed by atoms with Gasteiger partial charge >= 0.3 is 5.97 Å². The van der Waals surface area contributed by atoms with Crippen molar-refractivity contribution in [3.63, 3.8) is 0 Å². The molecule has 11 heteroatoms. The van der Waals surface area contributed by atoms with Gasteiger partial charge in [0.15, 0.2) is 5.78 Å². The highest BCUT2D eigenvalue weighted by atomic mass is 35.5. The van der Waals surface area contributed by atoms with Gasteiger partial charge in [0.1, 0.15) is 22.8 Å². The molecular weight excluding hydrogens is 683 g/mol. The highest BCUT2D eigenvalue weighted by Gasteiger charge is 2.61. The average Bonchev–Trinajstić information content (AvgIpc) is 3.38. The Morgan fingerprint density at radius 3 is 2.44 bits per heavy atom. The number of likely N-dealkylation sites (tertiary alicyclic amines) is 1. The molecule has 1 N–H and O–H groups in total. The lowest BCUT2D eigenvalue weighted by Gasteiger charge is -2.37. The molecule has 2 heterocycles. The van der Waals surface area contributed by atoms with Gasteiger partial charge in [0.05, 0.1) is 36.4 Å². The molecule has 2 aliphatic heterocycles. The Kier molecular flexibility index (Phi) is 11.6. The van der Waals surface area contributed by atoms with Gasteiger partial charge in [-0.2, -0.15) is 5.26 Å². The first-order valence-corrected chi connectivity index (χ1v) is 17.6. The monoisotopic (exact) mass is 725 g/mol. The van der Waals surface area contributed by atoms with Gasteiger partial charge in [0, 0.05) is 34.5 Å². The van der Waals surface area contributed by atoms with E-state index in [0.717, 1.165) is 32.0 Å². The molecule has 2 saturated heterocycles. The Labute approximate surface area is 302 Å². The van der Waals surface area contributed by atoms with Crippen molar-refractivity contribution in [3.05, 3.63) is 98.5 Å². The number of benzene rings is 3. The van der Waals surface area contributed by atoms with Crippen molar-refractivity contribution in [1.82, 2.24) is 10.2 Å². The largest absolute Gasteiger partial charge is 0.496 e. The van der Waals surface area contributed by atoms with E-state index < -0.39 is 41.0 Å². The van der Waals surface area contributed by atoms with Crippen molar-refractivity contribution in [3.8, 4) is 11.8 Å². The fourth-order valence-electron chi connectivity index (χ4n) is 7.43. The fourth-order valence-corrected chi connectivity index (χ4v) is 7.77. The number of piperidine rings is 1. The van der Waals surface area contributed by atoms with Crippen molar-refractivity contribution in [2.75, 3.05) is 33.9 Å².